The van der Waals surface area contributed by atoms with Gasteiger partial charge in [-0.2, -0.15) is 0 Å². The van der Waals surface area contributed by atoms with Crippen molar-refractivity contribution in [3.05, 3.63) is 40.8 Å². The van der Waals surface area contributed by atoms with Crippen LogP contribution >= 0.6 is 11.6 Å². The molecule has 1 atom stereocenters. The molecule has 1 fully saturated rings. The fourth-order valence-electron chi connectivity index (χ4n) is 2.98. The molecule has 2 aromatic rings. The lowest BCUT2D eigenvalue weighted by atomic mass is 9.82. The lowest BCUT2D eigenvalue weighted by Crippen LogP contribution is -2.35. The molecule has 0 radical (unpaired) electrons. The van der Waals surface area contributed by atoms with E-state index < -0.39 is 30.3 Å². The number of hydrogen-bond acceptors (Lipinski definition) is 7. The van der Waals surface area contributed by atoms with Crippen molar-refractivity contribution in [1.29, 1.82) is 0 Å². The zero-order valence-electron chi connectivity index (χ0n) is 16.6. The van der Waals surface area contributed by atoms with E-state index in [0.29, 0.717) is 0 Å². The predicted molar refractivity (Wildman–Crippen MR) is 101 cm³/mol. The van der Waals surface area contributed by atoms with Crippen LogP contribution < -0.4 is 10.1 Å². The van der Waals surface area contributed by atoms with Gasteiger partial charge in [0.05, 0.1) is 17.2 Å². The number of amides is 1. The number of benzene rings is 1. The molecule has 1 unspecified atom stereocenters. The number of rotatable bonds is 10. The minimum absolute atomic E-state index is 0.0583. The van der Waals surface area contributed by atoms with Gasteiger partial charge in [-0.25, -0.2) is 4.39 Å². The summed E-state index contributed by atoms with van der Waals surface area (Å²) in [6.07, 6.45) is -5.78. The largest absolute Gasteiger partial charge is 0.522 e. The van der Waals surface area contributed by atoms with Crippen LogP contribution in [0.3, 0.4) is 0 Å². The number of aliphatic hydroxyl groups is 1. The van der Waals surface area contributed by atoms with Crippen LogP contribution in [-0.2, 0) is 16.0 Å². The van der Waals surface area contributed by atoms with Crippen molar-refractivity contribution >= 4 is 17.5 Å². The molecule has 2 N–H and O–H groups in total. The second-order valence-electron chi connectivity index (χ2n) is 7.25. The topological polar surface area (TPSA) is 107 Å². The molecule has 0 bridgehead atoms. The van der Waals surface area contributed by atoms with Gasteiger partial charge >= 0.3 is 6.36 Å². The zero-order valence-corrected chi connectivity index (χ0v) is 17.3. The van der Waals surface area contributed by atoms with Crippen molar-refractivity contribution in [2.75, 3.05) is 13.2 Å². The number of nitrogens with one attached hydrogen (secondary N) is 1. The first-order chi connectivity index (χ1) is 15.1. The van der Waals surface area contributed by atoms with Gasteiger partial charge < -0.3 is 19.6 Å². The Morgan fingerprint density at radius 3 is 2.78 bits per heavy atom. The molecule has 1 amide bonds. The number of halogens is 5. The molecule has 1 heterocycles. The smallest absolute Gasteiger partial charge is 0.484 e. The molecule has 1 saturated carbocycles. The SMILES string of the molecule is O=C(COc1ccc(Cl)c(F)c1)NCC(O)CCc1nnc([C@H]2C[C@@H](OC(F)(F)F)C2)o1. The van der Waals surface area contributed by atoms with E-state index in [1.54, 1.807) is 0 Å². The fraction of sp³-hybridized carbons (Fsp3) is 0.526. The molecular weight excluding hydrogens is 462 g/mol. The lowest BCUT2D eigenvalue weighted by molar-refractivity contribution is -0.352. The predicted octanol–water partition coefficient (Wildman–Crippen LogP) is 3.13. The monoisotopic (exact) mass is 481 g/mol. The highest BCUT2D eigenvalue weighted by Crippen LogP contribution is 2.40. The van der Waals surface area contributed by atoms with E-state index in [1.165, 1.54) is 12.1 Å². The Morgan fingerprint density at radius 1 is 1.34 bits per heavy atom. The minimum Gasteiger partial charge on any atom is -0.484 e. The zero-order chi connectivity index (χ0) is 23.3. The second-order valence-corrected chi connectivity index (χ2v) is 7.66. The Kier molecular flexibility index (Phi) is 7.91. The van der Waals surface area contributed by atoms with E-state index >= 15 is 0 Å². The maximum Gasteiger partial charge on any atom is 0.522 e. The Labute approximate surface area is 184 Å². The van der Waals surface area contributed by atoms with Crippen molar-refractivity contribution < 1.29 is 41.4 Å². The first-order valence-corrected chi connectivity index (χ1v) is 10.1. The van der Waals surface area contributed by atoms with Crippen molar-refractivity contribution in [2.24, 2.45) is 0 Å². The van der Waals surface area contributed by atoms with E-state index in [4.69, 9.17) is 20.8 Å². The highest BCUT2D eigenvalue weighted by Gasteiger charge is 2.42. The molecule has 1 aliphatic carbocycles. The van der Waals surface area contributed by atoms with Crippen LogP contribution in [0.5, 0.6) is 5.75 Å². The summed E-state index contributed by atoms with van der Waals surface area (Å²) in [6, 6.07) is 3.77. The Bertz CT molecular complexity index is 921. The molecule has 13 heteroatoms. The second kappa shape index (κ2) is 10.5. The first-order valence-electron chi connectivity index (χ1n) is 9.68. The Morgan fingerprint density at radius 2 is 2.09 bits per heavy atom. The van der Waals surface area contributed by atoms with Gasteiger partial charge in [-0.15, -0.1) is 23.4 Å². The number of aryl methyl sites for hydroxylation is 1. The number of ether oxygens (including phenoxy) is 2. The van der Waals surface area contributed by atoms with Crippen LogP contribution in [0.1, 0.15) is 37.0 Å². The van der Waals surface area contributed by atoms with Crippen molar-refractivity contribution in [1.82, 2.24) is 15.5 Å². The van der Waals surface area contributed by atoms with E-state index in [2.05, 4.69) is 20.3 Å². The number of aliphatic hydroxyl groups excluding tert-OH is 1. The summed E-state index contributed by atoms with van der Waals surface area (Å²) in [5, 5.41) is 20.1. The van der Waals surface area contributed by atoms with Crippen LogP contribution in [0, 0.1) is 5.82 Å². The lowest BCUT2D eigenvalue weighted by Gasteiger charge is -2.32. The minimum atomic E-state index is -4.67. The van der Waals surface area contributed by atoms with Crippen LogP contribution in [-0.4, -0.2) is 52.9 Å². The molecule has 32 heavy (non-hydrogen) atoms. The quantitative estimate of drug-likeness (QED) is 0.502. The molecule has 8 nitrogen and oxygen atoms in total. The van der Waals surface area contributed by atoms with Gasteiger partial charge in [-0.3, -0.25) is 9.53 Å². The van der Waals surface area contributed by atoms with E-state index in [-0.39, 0.29) is 67.3 Å². The molecule has 0 aliphatic heterocycles. The summed E-state index contributed by atoms with van der Waals surface area (Å²) in [5.41, 5.74) is 0. The first kappa shape index (κ1) is 24.2. The highest BCUT2D eigenvalue weighted by atomic mass is 35.5. The molecular formula is C19H20ClF4N3O5. The van der Waals surface area contributed by atoms with Gasteiger partial charge in [-0.1, -0.05) is 11.6 Å². The van der Waals surface area contributed by atoms with Crippen LogP contribution in [0.2, 0.25) is 5.02 Å². The number of hydrogen-bond donors (Lipinski definition) is 2. The third-order valence-corrected chi connectivity index (χ3v) is 5.02. The van der Waals surface area contributed by atoms with E-state index in [9.17, 15) is 27.5 Å². The van der Waals surface area contributed by atoms with Gasteiger partial charge in [-0.05, 0) is 31.4 Å². The van der Waals surface area contributed by atoms with Crippen molar-refractivity contribution in [3.63, 3.8) is 0 Å². The number of aromatic nitrogens is 2. The van der Waals surface area contributed by atoms with Crippen molar-refractivity contribution in [3.8, 4) is 5.75 Å². The van der Waals surface area contributed by atoms with Gasteiger partial charge in [0, 0.05) is 24.9 Å². The van der Waals surface area contributed by atoms with Gasteiger partial charge in [0.1, 0.15) is 11.6 Å². The standard InChI is InChI=1S/C19H20ClF4N3O5/c20-14-3-2-12(7-15(14)21)30-9-16(29)25-8-11(28)1-4-17-26-27-18(31-17)10-5-13(6-10)32-19(22,23)24/h2-3,7,10-11,13,28H,1,4-6,8-9H2,(H,25,29)/t10-,11?,13+. The molecule has 1 aliphatic rings. The fourth-order valence-corrected chi connectivity index (χ4v) is 3.09. The van der Waals surface area contributed by atoms with E-state index in [0.717, 1.165) is 6.07 Å². The average Bonchev–Trinajstić information content (AvgIpc) is 3.16. The van der Waals surface area contributed by atoms with Crippen molar-refractivity contribution in [2.45, 2.75) is 50.2 Å². The molecule has 1 aromatic carbocycles. The third-order valence-electron chi connectivity index (χ3n) is 4.71. The number of nitrogens with zero attached hydrogens (tertiary/aromatic N) is 2. The Balaban J connectivity index is 1.32. The van der Waals surface area contributed by atoms with Crippen LogP contribution in [0.15, 0.2) is 22.6 Å². The summed E-state index contributed by atoms with van der Waals surface area (Å²) in [4.78, 5) is 11.8. The molecule has 0 saturated heterocycles. The number of carbonyl (C=O) groups is 1. The molecule has 3 rings (SSSR count). The summed E-state index contributed by atoms with van der Waals surface area (Å²) in [7, 11) is 0. The van der Waals surface area contributed by atoms with Crippen LogP contribution in [0.4, 0.5) is 17.6 Å². The normalized spacial score (nSPS) is 19.3. The van der Waals surface area contributed by atoms with Gasteiger partial charge in [0.15, 0.2) is 6.61 Å². The van der Waals surface area contributed by atoms with E-state index in [1.807, 2.05) is 0 Å². The number of carbonyl (C=O) groups excluding carboxylic acids is 1. The van der Waals surface area contributed by atoms with Gasteiger partial charge in [0.2, 0.25) is 11.8 Å². The average molecular weight is 482 g/mol. The highest BCUT2D eigenvalue weighted by molar-refractivity contribution is 6.30. The molecule has 0 spiro atoms. The van der Waals surface area contributed by atoms with Gasteiger partial charge in [0.25, 0.3) is 5.91 Å². The summed E-state index contributed by atoms with van der Waals surface area (Å²) in [6.45, 7) is -0.432. The Hall–Kier alpha value is -2.44. The summed E-state index contributed by atoms with van der Waals surface area (Å²) >= 11 is 5.56. The molecule has 1 aromatic heterocycles. The maximum atomic E-state index is 13.3. The van der Waals surface area contributed by atoms with Crippen LogP contribution in [0.25, 0.3) is 0 Å². The molecule has 176 valence electrons. The maximum absolute atomic E-state index is 13.3. The number of alkyl halides is 3. The summed E-state index contributed by atoms with van der Waals surface area (Å²) < 4.78 is 64.3. The summed E-state index contributed by atoms with van der Waals surface area (Å²) in [5.74, 6) is -0.866. The third kappa shape index (κ3) is 7.31.